The van der Waals surface area contributed by atoms with Crippen LogP contribution in [0.15, 0.2) is 33.2 Å². The second-order valence-corrected chi connectivity index (χ2v) is 5.78. The van der Waals surface area contributed by atoms with E-state index in [0.29, 0.717) is 22.8 Å². The Hall–Kier alpha value is -1.38. The number of hydrogen-bond acceptors (Lipinski definition) is 3. The van der Waals surface area contributed by atoms with E-state index >= 15 is 0 Å². The van der Waals surface area contributed by atoms with Gasteiger partial charge in [-0.15, -0.1) is 0 Å². The van der Waals surface area contributed by atoms with Crippen LogP contribution in [0.4, 0.5) is 0 Å². The summed E-state index contributed by atoms with van der Waals surface area (Å²) < 4.78 is 7.59. The average Bonchev–Trinajstić information content (AvgIpc) is 2.32. The van der Waals surface area contributed by atoms with Gasteiger partial charge in [0.15, 0.2) is 0 Å². The summed E-state index contributed by atoms with van der Waals surface area (Å²) in [5.41, 5.74) is 1.95. The largest absolute Gasteiger partial charge is 0.455 e. The van der Waals surface area contributed by atoms with E-state index in [1.165, 1.54) is 0 Å². The first-order valence-electron chi connectivity index (χ1n) is 5.52. The van der Waals surface area contributed by atoms with Crippen molar-refractivity contribution in [3.8, 4) is 17.6 Å². The monoisotopic (exact) mass is 380 g/mol. The molecule has 0 aliphatic heterocycles. The molecule has 0 unspecified atom stereocenters. The lowest BCUT2D eigenvalue weighted by molar-refractivity contribution is 0.476. The van der Waals surface area contributed by atoms with Crippen LogP contribution in [0, 0.1) is 25.2 Å². The van der Waals surface area contributed by atoms with E-state index in [1.807, 2.05) is 25.1 Å². The Morgan fingerprint density at radius 1 is 1.16 bits per heavy atom. The first-order valence-corrected chi connectivity index (χ1v) is 7.11. The number of nitrogens with zero attached hydrogens (tertiary/aromatic N) is 2. The molecule has 1 aromatic carbocycles. The lowest BCUT2D eigenvalue weighted by Gasteiger charge is -2.11. The van der Waals surface area contributed by atoms with Crippen molar-refractivity contribution >= 4 is 31.9 Å². The second-order valence-electron chi connectivity index (χ2n) is 4.01. The Bertz CT molecular complexity index is 678. The van der Waals surface area contributed by atoms with Gasteiger partial charge in [0.2, 0.25) is 0 Å². The molecule has 0 bridgehead atoms. The fourth-order valence-corrected chi connectivity index (χ4v) is 2.81. The van der Waals surface area contributed by atoms with Crippen LogP contribution in [-0.4, -0.2) is 4.98 Å². The van der Waals surface area contributed by atoms with Crippen molar-refractivity contribution in [2.45, 2.75) is 13.8 Å². The van der Waals surface area contributed by atoms with E-state index in [0.717, 1.165) is 14.6 Å². The van der Waals surface area contributed by atoms with Gasteiger partial charge in [0.05, 0.1) is 10.2 Å². The highest BCUT2D eigenvalue weighted by Gasteiger charge is 2.12. The van der Waals surface area contributed by atoms with Gasteiger partial charge in [-0.1, -0.05) is 15.9 Å². The van der Waals surface area contributed by atoms with E-state index in [9.17, 15) is 5.26 Å². The molecule has 19 heavy (non-hydrogen) atoms. The summed E-state index contributed by atoms with van der Waals surface area (Å²) in [6.45, 7) is 3.67. The highest BCUT2D eigenvalue weighted by atomic mass is 79.9. The second kappa shape index (κ2) is 5.72. The summed E-state index contributed by atoms with van der Waals surface area (Å²) in [6, 6.07) is 9.50. The van der Waals surface area contributed by atoms with Crippen LogP contribution in [0.5, 0.6) is 11.5 Å². The Morgan fingerprint density at radius 3 is 2.53 bits per heavy atom. The van der Waals surface area contributed by atoms with Crippen LogP contribution >= 0.6 is 31.9 Å². The van der Waals surface area contributed by atoms with Gasteiger partial charge < -0.3 is 4.74 Å². The Morgan fingerprint density at radius 2 is 1.89 bits per heavy atom. The molecule has 0 N–H and O–H groups in total. The molecule has 0 saturated heterocycles. The number of nitriles is 1. The Kier molecular flexibility index (Phi) is 4.23. The van der Waals surface area contributed by atoms with E-state index in [1.54, 1.807) is 13.0 Å². The maximum Gasteiger partial charge on any atom is 0.148 e. The van der Waals surface area contributed by atoms with Crippen molar-refractivity contribution in [2.24, 2.45) is 0 Å². The maximum absolute atomic E-state index is 9.19. The lowest BCUT2D eigenvalue weighted by Crippen LogP contribution is -1.96. The third-order valence-corrected chi connectivity index (χ3v) is 3.63. The predicted molar refractivity (Wildman–Crippen MR) is 80.3 cm³/mol. The zero-order valence-corrected chi connectivity index (χ0v) is 13.5. The zero-order chi connectivity index (χ0) is 14.0. The minimum absolute atomic E-state index is 0.459. The van der Waals surface area contributed by atoms with Gasteiger partial charge in [-0.2, -0.15) is 5.26 Å². The van der Waals surface area contributed by atoms with Crippen LogP contribution < -0.4 is 4.74 Å². The van der Waals surface area contributed by atoms with Crippen molar-refractivity contribution in [3.63, 3.8) is 0 Å². The van der Waals surface area contributed by atoms with Gasteiger partial charge in [-0.25, -0.2) is 0 Å². The number of ether oxygens (including phenoxy) is 1. The molecule has 3 nitrogen and oxygen atoms in total. The number of benzene rings is 1. The van der Waals surface area contributed by atoms with E-state index < -0.39 is 0 Å². The van der Waals surface area contributed by atoms with Crippen LogP contribution in [0.25, 0.3) is 0 Å². The topological polar surface area (TPSA) is 45.9 Å². The smallest absolute Gasteiger partial charge is 0.148 e. The highest BCUT2D eigenvalue weighted by Crippen LogP contribution is 2.34. The van der Waals surface area contributed by atoms with Crippen molar-refractivity contribution < 1.29 is 4.74 Å². The molecule has 0 spiro atoms. The molecular formula is C14H10Br2N2O. The molecule has 0 amide bonds. The van der Waals surface area contributed by atoms with Gasteiger partial charge >= 0.3 is 0 Å². The fourth-order valence-electron chi connectivity index (χ4n) is 1.69. The van der Waals surface area contributed by atoms with Crippen LogP contribution in [0.1, 0.15) is 17.0 Å². The first-order chi connectivity index (χ1) is 9.01. The molecule has 5 heteroatoms. The van der Waals surface area contributed by atoms with Gasteiger partial charge in [0.1, 0.15) is 23.1 Å². The molecule has 0 atom stereocenters. The standard InChI is InChI=1S/C14H10Br2N2O/c1-8-5-14(11(7-17)9(2)18-8)19-13-4-3-10(15)6-12(13)16/h3-6H,1-2H3. The lowest BCUT2D eigenvalue weighted by atomic mass is 10.2. The van der Waals surface area contributed by atoms with Crippen molar-refractivity contribution in [1.29, 1.82) is 5.26 Å². The Balaban J connectivity index is 2.46. The van der Waals surface area contributed by atoms with Gasteiger partial charge in [0, 0.05) is 16.2 Å². The molecule has 0 fully saturated rings. The Labute approximate surface area is 128 Å². The minimum atomic E-state index is 0.459. The van der Waals surface area contributed by atoms with Crippen molar-refractivity contribution in [3.05, 3.63) is 50.2 Å². The molecule has 0 aliphatic carbocycles. The summed E-state index contributed by atoms with van der Waals surface area (Å²) in [6.07, 6.45) is 0. The molecule has 96 valence electrons. The van der Waals surface area contributed by atoms with E-state index in [2.05, 4.69) is 42.9 Å². The van der Waals surface area contributed by atoms with Crippen LogP contribution in [-0.2, 0) is 0 Å². The van der Waals surface area contributed by atoms with E-state index in [-0.39, 0.29) is 0 Å². The predicted octanol–water partition coefficient (Wildman–Crippen LogP) is 4.89. The third-order valence-electron chi connectivity index (χ3n) is 2.52. The third kappa shape index (κ3) is 3.14. The van der Waals surface area contributed by atoms with Gasteiger partial charge in [0.25, 0.3) is 0 Å². The molecule has 1 aromatic heterocycles. The summed E-state index contributed by atoms with van der Waals surface area (Å²) in [7, 11) is 0. The van der Waals surface area contributed by atoms with Gasteiger partial charge in [-0.3, -0.25) is 4.98 Å². The SMILES string of the molecule is Cc1cc(Oc2ccc(Br)cc2Br)c(C#N)c(C)n1. The minimum Gasteiger partial charge on any atom is -0.455 e. The number of pyridine rings is 1. The quantitative estimate of drug-likeness (QED) is 0.744. The summed E-state index contributed by atoms with van der Waals surface area (Å²) in [5.74, 6) is 1.18. The summed E-state index contributed by atoms with van der Waals surface area (Å²) in [4.78, 5) is 4.26. The summed E-state index contributed by atoms with van der Waals surface area (Å²) in [5, 5.41) is 9.19. The normalized spacial score (nSPS) is 10.1. The number of rotatable bonds is 2. The van der Waals surface area contributed by atoms with Crippen LogP contribution in [0.2, 0.25) is 0 Å². The molecule has 0 radical (unpaired) electrons. The van der Waals surface area contributed by atoms with Crippen molar-refractivity contribution in [2.75, 3.05) is 0 Å². The fraction of sp³-hybridized carbons (Fsp3) is 0.143. The highest BCUT2D eigenvalue weighted by molar-refractivity contribution is 9.11. The number of aromatic nitrogens is 1. The first kappa shape index (κ1) is 14.0. The van der Waals surface area contributed by atoms with Gasteiger partial charge in [-0.05, 0) is 48.0 Å². The maximum atomic E-state index is 9.19. The molecule has 2 aromatic rings. The van der Waals surface area contributed by atoms with E-state index in [4.69, 9.17) is 4.74 Å². The molecule has 0 aliphatic rings. The van der Waals surface area contributed by atoms with Crippen LogP contribution in [0.3, 0.4) is 0 Å². The molecule has 2 rings (SSSR count). The average molecular weight is 382 g/mol. The van der Waals surface area contributed by atoms with Crippen molar-refractivity contribution in [1.82, 2.24) is 4.98 Å². The molecular weight excluding hydrogens is 372 g/mol. The summed E-state index contributed by atoms with van der Waals surface area (Å²) >= 11 is 6.82. The number of aryl methyl sites for hydroxylation is 2. The zero-order valence-electron chi connectivity index (χ0n) is 10.4. The number of hydrogen-bond donors (Lipinski definition) is 0. The number of halogens is 2. The molecule has 1 heterocycles. The molecule has 0 saturated carbocycles.